The monoisotopic (exact) mass is 362 g/mol. The van der Waals surface area contributed by atoms with Crippen LogP contribution in [0.4, 0.5) is 8.78 Å². The average molecular weight is 362 g/mol. The molecule has 3 aliphatic rings. The maximum absolute atomic E-state index is 13.5. The fraction of sp³-hybridized carbons (Fsp3) is 0.600. The van der Waals surface area contributed by atoms with Gasteiger partial charge in [0.1, 0.15) is 0 Å². The van der Waals surface area contributed by atoms with Crippen molar-refractivity contribution < 1.29 is 18.4 Å². The van der Waals surface area contributed by atoms with E-state index in [1.165, 1.54) is 6.07 Å². The van der Waals surface area contributed by atoms with Gasteiger partial charge in [-0.05, 0) is 49.8 Å². The normalized spacial score (nSPS) is 27.3. The topological polar surface area (TPSA) is 40.6 Å². The van der Waals surface area contributed by atoms with Crippen molar-refractivity contribution in [3.63, 3.8) is 0 Å². The Labute approximate surface area is 152 Å². The van der Waals surface area contributed by atoms with Gasteiger partial charge in [0.2, 0.25) is 11.8 Å². The Kier molecular flexibility index (Phi) is 4.04. The molecular weight excluding hydrogens is 338 g/mol. The number of likely N-dealkylation sites (tertiary alicyclic amines) is 2. The molecule has 0 unspecified atom stereocenters. The Hall–Kier alpha value is -1.98. The molecule has 1 atom stereocenters. The summed E-state index contributed by atoms with van der Waals surface area (Å²) in [5.74, 6) is -1.55. The highest BCUT2D eigenvalue weighted by atomic mass is 19.2. The number of piperidine rings is 1. The Morgan fingerprint density at radius 1 is 1.12 bits per heavy atom. The van der Waals surface area contributed by atoms with Gasteiger partial charge in [0.15, 0.2) is 11.6 Å². The predicted molar refractivity (Wildman–Crippen MR) is 92.0 cm³/mol. The van der Waals surface area contributed by atoms with E-state index in [2.05, 4.69) is 0 Å². The van der Waals surface area contributed by atoms with Gasteiger partial charge < -0.3 is 9.80 Å². The van der Waals surface area contributed by atoms with Crippen LogP contribution < -0.4 is 0 Å². The summed E-state index contributed by atoms with van der Waals surface area (Å²) in [7, 11) is 0. The molecule has 26 heavy (non-hydrogen) atoms. The molecule has 1 aromatic carbocycles. The number of benzene rings is 1. The number of nitrogens with zero attached hydrogens (tertiary/aromatic N) is 2. The van der Waals surface area contributed by atoms with Crippen molar-refractivity contribution in [2.24, 2.45) is 10.8 Å². The molecule has 4 rings (SSSR count). The van der Waals surface area contributed by atoms with Gasteiger partial charge in [-0.3, -0.25) is 9.59 Å². The largest absolute Gasteiger partial charge is 0.341 e. The lowest BCUT2D eigenvalue weighted by Crippen LogP contribution is -2.50. The summed E-state index contributed by atoms with van der Waals surface area (Å²) in [6, 6.07) is 3.77. The molecule has 0 bridgehead atoms. The quantitative estimate of drug-likeness (QED) is 0.829. The van der Waals surface area contributed by atoms with Gasteiger partial charge in [0.25, 0.3) is 0 Å². The number of hydrogen-bond acceptors (Lipinski definition) is 2. The highest BCUT2D eigenvalue weighted by Gasteiger charge is 2.54. The van der Waals surface area contributed by atoms with Crippen molar-refractivity contribution in [3.8, 4) is 0 Å². The van der Waals surface area contributed by atoms with E-state index >= 15 is 0 Å². The molecule has 2 saturated heterocycles. The SMILES string of the molecule is CC1(C(=O)N2CC[C@@]3(CCCN(Cc4ccc(F)c(F)c4)C3=O)C2)CC1. The number of hydrogen-bond donors (Lipinski definition) is 0. The molecule has 0 radical (unpaired) electrons. The van der Waals surface area contributed by atoms with Gasteiger partial charge in [-0.1, -0.05) is 13.0 Å². The molecule has 1 aliphatic carbocycles. The van der Waals surface area contributed by atoms with E-state index in [1.54, 1.807) is 4.90 Å². The van der Waals surface area contributed by atoms with Crippen LogP contribution in [0.1, 0.15) is 44.6 Å². The fourth-order valence-electron chi connectivity index (χ4n) is 4.37. The summed E-state index contributed by atoms with van der Waals surface area (Å²) < 4.78 is 26.6. The lowest BCUT2D eigenvalue weighted by Gasteiger charge is -2.39. The van der Waals surface area contributed by atoms with Crippen LogP contribution in [0.25, 0.3) is 0 Å². The highest BCUT2D eigenvalue weighted by Crippen LogP contribution is 2.49. The number of amides is 2. The molecule has 2 heterocycles. The van der Waals surface area contributed by atoms with Crippen molar-refractivity contribution >= 4 is 11.8 Å². The van der Waals surface area contributed by atoms with Crippen LogP contribution in [-0.2, 0) is 16.1 Å². The van der Waals surface area contributed by atoms with Gasteiger partial charge >= 0.3 is 0 Å². The molecule has 0 N–H and O–H groups in total. The number of halogens is 2. The zero-order valence-corrected chi connectivity index (χ0v) is 15.1. The van der Waals surface area contributed by atoms with Gasteiger partial charge in [0, 0.05) is 31.6 Å². The molecule has 3 fully saturated rings. The first-order valence-electron chi connectivity index (χ1n) is 9.36. The van der Waals surface area contributed by atoms with Crippen molar-refractivity contribution in [1.29, 1.82) is 0 Å². The maximum atomic E-state index is 13.5. The molecule has 1 saturated carbocycles. The van der Waals surface area contributed by atoms with E-state index in [0.717, 1.165) is 37.8 Å². The third kappa shape index (κ3) is 2.89. The summed E-state index contributed by atoms with van der Waals surface area (Å²) in [5.41, 5.74) is -0.127. The van der Waals surface area contributed by atoms with Gasteiger partial charge in [-0.2, -0.15) is 0 Å². The van der Waals surface area contributed by atoms with E-state index in [9.17, 15) is 18.4 Å². The van der Waals surface area contributed by atoms with Crippen molar-refractivity contribution in [3.05, 3.63) is 35.4 Å². The lowest BCUT2D eigenvalue weighted by atomic mass is 9.78. The van der Waals surface area contributed by atoms with Crippen LogP contribution in [0.5, 0.6) is 0 Å². The maximum Gasteiger partial charge on any atom is 0.230 e. The molecule has 6 heteroatoms. The van der Waals surface area contributed by atoms with Gasteiger partial charge in [0.05, 0.1) is 5.41 Å². The molecule has 140 valence electrons. The molecule has 2 aliphatic heterocycles. The average Bonchev–Trinajstić information content (AvgIpc) is 3.23. The first-order chi connectivity index (χ1) is 12.3. The van der Waals surface area contributed by atoms with Crippen LogP contribution in [0.3, 0.4) is 0 Å². The van der Waals surface area contributed by atoms with Crippen LogP contribution in [0.2, 0.25) is 0 Å². The lowest BCUT2D eigenvalue weighted by molar-refractivity contribution is -0.147. The summed E-state index contributed by atoms with van der Waals surface area (Å²) in [5, 5.41) is 0. The van der Waals surface area contributed by atoms with Crippen molar-refractivity contribution in [2.75, 3.05) is 19.6 Å². The fourth-order valence-corrected chi connectivity index (χ4v) is 4.37. The van der Waals surface area contributed by atoms with Crippen molar-refractivity contribution in [1.82, 2.24) is 9.80 Å². The molecule has 2 amide bonds. The minimum absolute atomic E-state index is 0.0460. The van der Waals surface area contributed by atoms with Gasteiger partial charge in [-0.15, -0.1) is 0 Å². The Morgan fingerprint density at radius 2 is 1.88 bits per heavy atom. The molecular formula is C20H24F2N2O2. The number of rotatable bonds is 3. The molecule has 0 aromatic heterocycles. The van der Waals surface area contributed by atoms with Crippen LogP contribution >= 0.6 is 0 Å². The van der Waals surface area contributed by atoms with Crippen LogP contribution in [-0.4, -0.2) is 41.2 Å². The van der Waals surface area contributed by atoms with Crippen LogP contribution in [0.15, 0.2) is 18.2 Å². The summed E-state index contributed by atoms with van der Waals surface area (Å²) in [6.07, 6.45) is 4.23. The second kappa shape index (κ2) is 6.03. The standard InChI is InChI=1S/C20H24F2N2O2/c1-19(6-7-19)17(25)24-10-8-20(13-24)5-2-9-23(18(20)26)12-14-3-4-15(21)16(22)11-14/h3-4,11H,2,5-10,12-13H2,1H3/t20-/m0/s1. The van der Waals surface area contributed by atoms with E-state index < -0.39 is 17.0 Å². The Bertz CT molecular complexity index is 762. The summed E-state index contributed by atoms with van der Waals surface area (Å²) >= 11 is 0. The molecule has 4 nitrogen and oxygen atoms in total. The Morgan fingerprint density at radius 3 is 2.58 bits per heavy atom. The zero-order chi connectivity index (χ0) is 18.5. The van der Waals surface area contributed by atoms with Crippen LogP contribution in [0, 0.1) is 22.5 Å². The summed E-state index contributed by atoms with van der Waals surface area (Å²) in [4.78, 5) is 29.4. The van der Waals surface area contributed by atoms with E-state index in [0.29, 0.717) is 31.6 Å². The molecule has 1 spiro atoms. The van der Waals surface area contributed by atoms with Gasteiger partial charge in [-0.25, -0.2) is 8.78 Å². The smallest absolute Gasteiger partial charge is 0.230 e. The minimum Gasteiger partial charge on any atom is -0.341 e. The van der Waals surface area contributed by atoms with E-state index in [4.69, 9.17) is 0 Å². The third-order valence-electron chi connectivity index (χ3n) is 6.34. The minimum atomic E-state index is -0.892. The number of carbonyl (C=O) groups is 2. The zero-order valence-electron chi connectivity index (χ0n) is 15.1. The van der Waals surface area contributed by atoms with E-state index in [1.807, 2.05) is 11.8 Å². The summed E-state index contributed by atoms with van der Waals surface area (Å²) in [6.45, 7) is 4.03. The van der Waals surface area contributed by atoms with Crippen molar-refractivity contribution in [2.45, 2.75) is 45.6 Å². The molecule has 1 aromatic rings. The Balaban J connectivity index is 1.47. The second-order valence-electron chi connectivity index (χ2n) is 8.40. The first-order valence-corrected chi connectivity index (χ1v) is 9.36. The highest BCUT2D eigenvalue weighted by molar-refractivity contribution is 5.88. The number of carbonyl (C=O) groups excluding carboxylic acids is 2. The predicted octanol–water partition coefficient (Wildman–Crippen LogP) is 3.11. The van der Waals surface area contributed by atoms with E-state index in [-0.39, 0.29) is 23.8 Å². The third-order valence-corrected chi connectivity index (χ3v) is 6.34. The second-order valence-corrected chi connectivity index (χ2v) is 8.40. The first kappa shape index (κ1) is 17.4.